The highest BCUT2D eigenvalue weighted by molar-refractivity contribution is 6.31. The number of benzene rings is 2. The van der Waals surface area contributed by atoms with E-state index in [4.69, 9.17) is 21.1 Å². The summed E-state index contributed by atoms with van der Waals surface area (Å²) in [5.41, 5.74) is 3.99. The fraction of sp³-hybridized carbons (Fsp3) is 0.238. The first kappa shape index (κ1) is 18.4. The van der Waals surface area contributed by atoms with Gasteiger partial charge in [-0.25, -0.2) is 0 Å². The van der Waals surface area contributed by atoms with E-state index < -0.39 is 0 Å². The first-order valence-corrected chi connectivity index (χ1v) is 9.35. The molecule has 0 radical (unpaired) electrons. The molecule has 1 amide bonds. The van der Waals surface area contributed by atoms with Gasteiger partial charge in [-0.3, -0.25) is 9.48 Å². The van der Waals surface area contributed by atoms with E-state index in [1.54, 1.807) is 0 Å². The van der Waals surface area contributed by atoms with Crippen LogP contribution in [0.4, 0.5) is 0 Å². The molecule has 1 aliphatic heterocycles. The number of hydrogen-bond acceptors (Lipinski definition) is 4. The van der Waals surface area contributed by atoms with Crippen LogP contribution in [0.25, 0.3) is 0 Å². The number of nitrogens with zero attached hydrogens (tertiary/aromatic N) is 2. The molecule has 4 rings (SSSR count). The Morgan fingerprint density at radius 3 is 2.79 bits per heavy atom. The number of nitrogens with one attached hydrogen (secondary N) is 1. The molecule has 144 valence electrons. The Morgan fingerprint density at radius 1 is 1.18 bits per heavy atom. The second-order valence-corrected chi connectivity index (χ2v) is 7.07. The van der Waals surface area contributed by atoms with E-state index >= 15 is 0 Å². The van der Waals surface area contributed by atoms with Crippen molar-refractivity contribution in [2.75, 3.05) is 6.79 Å². The molecule has 7 heteroatoms. The lowest BCUT2D eigenvalue weighted by molar-refractivity contribution is 0.0949. The number of fused-ring (bicyclic) bond motifs is 1. The summed E-state index contributed by atoms with van der Waals surface area (Å²) in [4.78, 5) is 12.8. The lowest BCUT2D eigenvalue weighted by Gasteiger charge is -2.08. The SMILES string of the molecule is Cc1nn(Cc2ccccc2Cl)c(C)c1C(=O)NCc1ccc2c(c1)OCO2. The summed E-state index contributed by atoms with van der Waals surface area (Å²) in [5, 5.41) is 8.18. The molecule has 28 heavy (non-hydrogen) atoms. The zero-order valence-electron chi connectivity index (χ0n) is 15.7. The van der Waals surface area contributed by atoms with Gasteiger partial charge in [0.15, 0.2) is 11.5 Å². The van der Waals surface area contributed by atoms with Gasteiger partial charge in [0.05, 0.1) is 17.8 Å². The fourth-order valence-corrected chi connectivity index (χ4v) is 3.48. The van der Waals surface area contributed by atoms with Gasteiger partial charge in [-0.15, -0.1) is 0 Å². The van der Waals surface area contributed by atoms with Crippen LogP contribution in [0.15, 0.2) is 42.5 Å². The monoisotopic (exact) mass is 397 g/mol. The van der Waals surface area contributed by atoms with Gasteiger partial charge in [0.25, 0.3) is 5.91 Å². The normalized spacial score (nSPS) is 12.2. The van der Waals surface area contributed by atoms with Crippen LogP contribution in [0.5, 0.6) is 11.5 Å². The molecule has 0 spiro atoms. The highest BCUT2D eigenvalue weighted by Gasteiger charge is 2.19. The Labute approximate surface area is 168 Å². The predicted molar refractivity (Wildman–Crippen MR) is 106 cm³/mol. The minimum absolute atomic E-state index is 0.155. The van der Waals surface area contributed by atoms with Crippen molar-refractivity contribution in [1.29, 1.82) is 0 Å². The van der Waals surface area contributed by atoms with Crippen molar-refractivity contribution >= 4 is 17.5 Å². The summed E-state index contributed by atoms with van der Waals surface area (Å²) in [7, 11) is 0. The van der Waals surface area contributed by atoms with Gasteiger partial charge >= 0.3 is 0 Å². The van der Waals surface area contributed by atoms with E-state index in [1.165, 1.54) is 0 Å². The molecule has 1 aromatic heterocycles. The summed E-state index contributed by atoms with van der Waals surface area (Å²) in [6, 6.07) is 13.3. The van der Waals surface area contributed by atoms with Crippen LogP contribution in [0.3, 0.4) is 0 Å². The molecule has 0 fully saturated rings. The van der Waals surface area contributed by atoms with Gasteiger partial charge in [-0.05, 0) is 43.2 Å². The smallest absolute Gasteiger partial charge is 0.255 e. The molecule has 6 nitrogen and oxygen atoms in total. The number of halogens is 1. The third-order valence-corrected chi connectivity index (χ3v) is 5.15. The molecule has 0 saturated carbocycles. The molecule has 0 bridgehead atoms. The molecule has 2 aromatic carbocycles. The molecule has 1 N–H and O–H groups in total. The first-order valence-electron chi connectivity index (χ1n) is 8.97. The second kappa shape index (κ2) is 7.56. The maximum atomic E-state index is 12.8. The minimum atomic E-state index is -0.155. The van der Waals surface area contributed by atoms with Crippen molar-refractivity contribution in [2.45, 2.75) is 26.9 Å². The van der Waals surface area contributed by atoms with Gasteiger partial charge in [-0.1, -0.05) is 35.9 Å². The molecule has 0 unspecified atom stereocenters. The summed E-state index contributed by atoms with van der Waals surface area (Å²) < 4.78 is 12.5. The van der Waals surface area contributed by atoms with Crippen molar-refractivity contribution in [3.8, 4) is 11.5 Å². The Bertz CT molecular complexity index is 1050. The molecule has 3 aromatic rings. The van der Waals surface area contributed by atoms with Gasteiger partial charge in [-0.2, -0.15) is 5.10 Å². The predicted octanol–water partition coefficient (Wildman–Crippen LogP) is 3.86. The van der Waals surface area contributed by atoms with E-state index in [2.05, 4.69) is 10.4 Å². The average molecular weight is 398 g/mol. The Hall–Kier alpha value is -2.99. The second-order valence-electron chi connectivity index (χ2n) is 6.67. The molecular formula is C21H20ClN3O3. The lowest BCUT2D eigenvalue weighted by atomic mass is 10.1. The summed E-state index contributed by atoms with van der Waals surface area (Å²) >= 11 is 6.25. The zero-order valence-corrected chi connectivity index (χ0v) is 16.4. The number of hydrogen-bond donors (Lipinski definition) is 1. The molecule has 0 aliphatic carbocycles. The highest BCUT2D eigenvalue weighted by Crippen LogP contribution is 2.32. The number of ether oxygens (including phenoxy) is 2. The number of carbonyl (C=O) groups excluding carboxylic acids is 1. The standard InChI is InChI=1S/C21H20ClN3O3/c1-13-20(14(2)25(24-13)11-16-5-3-4-6-17(16)22)21(26)23-10-15-7-8-18-19(9-15)28-12-27-18/h3-9H,10-12H2,1-2H3,(H,23,26). The maximum Gasteiger partial charge on any atom is 0.255 e. The van der Waals surface area contributed by atoms with E-state index in [0.717, 1.165) is 22.6 Å². The van der Waals surface area contributed by atoms with Gasteiger partial charge in [0.1, 0.15) is 0 Å². The third-order valence-electron chi connectivity index (χ3n) is 4.78. The first-order chi connectivity index (χ1) is 13.5. The summed E-state index contributed by atoms with van der Waals surface area (Å²) in [5.74, 6) is 1.27. The highest BCUT2D eigenvalue weighted by atomic mass is 35.5. The topological polar surface area (TPSA) is 65.4 Å². The number of aryl methyl sites for hydroxylation is 1. The van der Waals surface area contributed by atoms with Crippen LogP contribution in [-0.4, -0.2) is 22.5 Å². The zero-order chi connectivity index (χ0) is 19.7. The minimum Gasteiger partial charge on any atom is -0.454 e. The number of amides is 1. The quantitative estimate of drug-likeness (QED) is 0.710. The molecule has 1 aliphatic rings. The van der Waals surface area contributed by atoms with Crippen LogP contribution in [0.2, 0.25) is 5.02 Å². The number of rotatable bonds is 5. The van der Waals surface area contributed by atoms with Crippen molar-refractivity contribution in [2.24, 2.45) is 0 Å². The van der Waals surface area contributed by atoms with E-state index in [1.807, 2.05) is 61.0 Å². The molecule has 2 heterocycles. The molecule has 0 atom stereocenters. The Balaban J connectivity index is 1.48. The number of carbonyl (C=O) groups is 1. The summed E-state index contributed by atoms with van der Waals surface area (Å²) in [6.45, 7) is 4.87. The number of aromatic nitrogens is 2. The summed E-state index contributed by atoms with van der Waals surface area (Å²) in [6.07, 6.45) is 0. The third kappa shape index (κ3) is 3.55. The Morgan fingerprint density at radius 2 is 1.96 bits per heavy atom. The van der Waals surface area contributed by atoms with Gasteiger partial charge in [0, 0.05) is 17.3 Å². The van der Waals surface area contributed by atoms with Crippen LogP contribution in [0.1, 0.15) is 32.9 Å². The largest absolute Gasteiger partial charge is 0.454 e. The maximum absolute atomic E-state index is 12.8. The van der Waals surface area contributed by atoms with Crippen molar-refractivity contribution < 1.29 is 14.3 Å². The molecular weight excluding hydrogens is 378 g/mol. The van der Waals surface area contributed by atoms with Crippen LogP contribution >= 0.6 is 11.6 Å². The van der Waals surface area contributed by atoms with Crippen molar-refractivity contribution in [3.63, 3.8) is 0 Å². The van der Waals surface area contributed by atoms with E-state index in [0.29, 0.717) is 35.1 Å². The van der Waals surface area contributed by atoms with Crippen molar-refractivity contribution in [1.82, 2.24) is 15.1 Å². The van der Waals surface area contributed by atoms with E-state index in [9.17, 15) is 4.79 Å². The van der Waals surface area contributed by atoms with Crippen molar-refractivity contribution in [3.05, 3.63) is 75.6 Å². The van der Waals surface area contributed by atoms with E-state index in [-0.39, 0.29) is 12.7 Å². The Kier molecular flexibility index (Phi) is 4.96. The van der Waals surface area contributed by atoms with Crippen LogP contribution in [0, 0.1) is 13.8 Å². The van der Waals surface area contributed by atoms with Gasteiger partial charge in [0.2, 0.25) is 6.79 Å². The average Bonchev–Trinajstić information content (AvgIpc) is 3.25. The van der Waals surface area contributed by atoms with Crippen LogP contribution < -0.4 is 14.8 Å². The lowest BCUT2D eigenvalue weighted by Crippen LogP contribution is -2.24. The van der Waals surface area contributed by atoms with Crippen LogP contribution in [-0.2, 0) is 13.1 Å². The molecule has 0 saturated heterocycles. The van der Waals surface area contributed by atoms with Gasteiger partial charge < -0.3 is 14.8 Å². The fourth-order valence-electron chi connectivity index (χ4n) is 3.29.